The lowest BCUT2D eigenvalue weighted by atomic mass is 9.80. The normalized spacial score (nSPS) is 20.9. The number of aryl methyl sites for hydroxylation is 1. The van der Waals surface area contributed by atoms with Crippen molar-refractivity contribution in [3.05, 3.63) is 64.5 Å². The fourth-order valence-corrected chi connectivity index (χ4v) is 6.25. The maximum Gasteiger partial charge on any atom is 0.309 e. The second kappa shape index (κ2) is 20.8. The van der Waals surface area contributed by atoms with Crippen LogP contribution in [0.2, 0.25) is 0 Å². The van der Waals surface area contributed by atoms with Crippen LogP contribution < -0.4 is 10.1 Å². The van der Waals surface area contributed by atoms with Crippen LogP contribution in [0.4, 0.5) is 4.79 Å². The highest BCUT2D eigenvalue weighted by Crippen LogP contribution is 2.32. The number of nitrogens with zero attached hydrogens (tertiary/aromatic N) is 3. The molecule has 3 rings (SSSR count). The van der Waals surface area contributed by atoms with E-state index in [9.17, 15) is 34.8 Å². The van der Waals surface area contributed by atoms with Crippen molar-refractivity contribution in [3.63, 3.8) is 0 Å². The Kier molecular flexibility index (Phi) is 17.1. The molecule has 2 aromatic rings. The minimum atomic E-state index is -1.78. The lowest BCUT2D eigenvalue weighted by Crippen LogP contribution is -2.57. The molecule has 2 radical (unpaired) electrons. The number of allylic oxidation sites excluding steroid dienone is 4. The molecule has 1 aromatic heterocycles. The molecule has 1 aliphatic rings. The number of aliphatic hydroxyl groups excluding tert-OH is 3. The zero-order chi connectivity index (χ0) is 40.9. The van der Waals surface area contributed by atoms with E-state index in [1.807, 2.05) is 38.6 Å². The Morgan fingerprint density at radius 1 is 1.05 bits per heavy atom. The number of hydrogen-bond acceptors (Lipinski definition) is 11. The van der Waals surface area contributed by atoms with Gasteiger partial charge in [-0.15, -0.1) is 5.10 Å². The molecular weight excluding hydrogens is 707 g/mol. The van der Waals surface area contributed by atoms with Gasteiger partial charge in [-0.2, -0.15) is 0 Å². The molecule has 5 N–H and O–H groups in total. The van der Waals surface area contributed by atoms with Crippen molar-refractivity contribution < 1.29 is 49.0 Å². The molecule has 0 spiro atoms. The molecule has 14 nitrogen and oxygen atoms in total. The molecule has 15 heteroatoms. The van der Waals surface area contributed by atoms with Gasteiger partial charge in [-0.3, -0.25) is 19.1 Å². The lowest BCUT2D eigenvalue weighted by Gasteiger charge is -2.38. The van der Waals surface area contributed by atoms with Gasteiger partial charge < -0.3 is 40.0 Å². The van der Waals surface area contributed by atoms with Gasteiger partial charge in [-0.25, -0.2) is 0 Å². The number of carbonyl (C=O) groups excluding carboxylic acids is 2. The number of amides is 1. The summed E-state index contributed by atoms with van der Waals surface area (Å²) in [6.45, 7) is 15.6. The van der Waals surface area contributed by atoms with Gasteiger partial charge in [0.25, 0.3) is 5.91 Å². The summed E-state index contributed by atoms with van der Waals surface area (Å²) in [6, 6.07) is 4.37. The van der Waals surface area contributed by atoms with Crippen LogP contribution in [-0.2, 0) is 33.8 Å². The van der Waals surface area contributed by atoms with Crippen LogP contribution in [-0.4, -0.2) is 104 Å². The van der Waals surface area contributed by atoms with E-state index >= 15 is 0 Å². The minimum absolute atomic E-state index is 0.00499. The number of aliphatic carboxylic acids is 1. The molecule has 1 fully saturated rings. The summed E-state index contributed by atoms with van der Waals surface area (Å²) in [6.07, 6.45) is 5.09. The molecule has 5 atom stereocenters. The van der Waals surface area contributed by atoms with E-state index in [-0.39, 0.29) is 30.9 Å². The van der Waals surface area contributed by atoms with Crippen LogP contribution in [0.1, 0.15) is 109 Å². The van der Waals surface area contributed by atoms with Crippen LogP contribution in [0.25, 0.3) is 0 Å². The van der Waals surface area contributed by atoms with Crippen LogP contribution in [0, 0.1) is 11.3 Å². The summed E-state index contributed by atoms with van der Waals surface area (Å²) in [7, 11) is 5.11. The minimum Gasteiger partial charge on any atom is -0.487 e. The zero-order valence-electron chi connectivity index (χ0n) is 33.3. The van der Waals surface area contributed by atoms with E-state index in [0.717, 1.165) is 37.9 Å². The molecule has 1 saturated carbocycles. The molecule has 1 aliphatic carbocycles. The van der Waals surface area contributed by atoms with E-state index in [1.54, 1.807) is 0 Å². The first-order valence-electron chi connectivity index (χ1n) is 18.9. The maximum atomic E-state index is 13.6. The lowest BCUT2D eigenvalue weighted by molar-refractivity contribution is -0.174. The Morgan fingerprint density at radius 3 is 2.45 bits per heavy atom. The van der Waals surface area contributed by atoms with Crippen molar-refractivity contribution >= 4 is 25.6 Å². The van der Waals surface area contributed by atoms with Crippen molar-refractivity contribution in [2.75, 3.05) is 13.2 Å². The van der Waals surface area contributed by atoms with E-state index in [1.165, 1.54) is 29.3 Å². The maximum absolute atomic E-state index is 13.6. The molecule has 1 aromatic carbocycles. The first kappa shape index (κ1) is 45.3. The molecule has 0 saturated heterocycles. The molecular formula is C40H59BN4O10. The third kappa shape index (κ3) is 14.8. The zero-order valence-corrected chi connectivity index (χ0v) is 33.3. The predicted octanol–water partition coefficient (Wildman–Crippen LogP) is 4.67. The molecule has 302 valence electrons. The highest BCUT2D eigenvalue weighted by atomic mass is 16.5. The van der Waals surface area contributed by atoms with Gasteiger partial charge in [0.2, 0.25) is 13.7 Å². The number of nitrogens with one attached hydrogen (secondary N) is 1. The van der Waals surface area contributed by atoms with Crippen molar-refractivity contribution in [2.24, 2.45) is 11.3 Å². The molecule has 55 heavy (non-hydrogen) atoms. The Labute approximate surface area is 325 Å². The largest absolute Gasteiger partial charge is 0.487 e. The van der Waals surface area contributed by atoms with E-state index in [0.29, 0.717) is 25.0 Å². The second-order valence-electron chi connectivity index (χ2n) is 15.9. The number of aliphatic hydroxyl groups is 3. The highest BCUT2D eigenvalue weighted by Gasteiger charge is 2.47. The summed E-state index contributed by atoms with van der Waals surface area (Å²) < 4.78 is 19.0. The predicted molar refractivity (Wildman–Crippen MR) is 207 cm³/mol. The van der Waals surface area contributed by atoms with Gasteiger partial charge in [-0.05, 0) is 89.8 Å². The number of carboxylic acid groups (broad SMARTS) is 1. The highest BCUT2D eigenvalue weighted by molar-refractivity contribution is 6.55. The van der Waals surface area contributed by atoms with Crippen LogP contribution >= 0.6 is 0 Å². The van der Waals surface area contributed by atoms with E-state index in [4.69, 9.17) is 22.1 Å². The van der Waals surface area contributed by atoms with Gasteiger partial charge in [0.05, 0.1) is 28.9 Å². The van der Waals surface area contributed by atoms with Crippen LogP contribution in [0.15, 0.2) is 47.7 Å². The van der Waals surface area contributed by atoms with Crippen LogP contribution in [0.3, 0.4) is 0 Å². The Bertz CT molecular complexity index is 1660. The molecule has 0 aliphatic heterocycles. The number of hydrogen-bond donors (Lipinski definition) is 5. The average molecular weight is 767 g/mol. The molecule has 1 heterocycles. The molecule has 1 amide bonds. The topological polar surface area (TPSA) is 203 Å². The van der Waals surface area contributed by atoms with Crippen molar-refractivity contribution in [1.82, 2.24) is 20.3 Å². The Balaban J connectivity index is 1.55. The summed E-state index contributed by atoms with van der Waals surface area (Å²) in [5.74, 6) is -4.31. The van der Waals surface area contributed by atoms with Crippen molar-refractivity contribution in [3.8, 4) is 5.75 Å². The van der Waals surface area contributed by atoms with E-state index < -0.39 is 59.1 Å². The smallest absolute Gasteiger partial charge is 0.309 e. The van der Waals surface area contributed by atoms with Gasteiger partial charge in [0.1, 0.15) is 30.7 Å². The molecule has 0 unspecified atom stereocenters. The molecule has 0 bridgehead atoms. The van der Waals surface area contributed by atoms with Crippen LogP contribution in [0.5, 0.6) is 5.75 Å². The first-order chi connectivity index (χ1) is 25.8. The fourth-order valence-electron chi connectivity index (χ4n) is 6.25. The third-order valence-electron chi connectivity index (χ3n) is 9.92. The van der Waals surface area contributed by atoms with Gasteiger partial charge in [0, 0.05) is 38.7 Å². The number of rotatable bonds is 21. The quantitative estimate of drug-likeness (QED) is 0.0869. The first-order valence-corrected chi connectivity index (χ1v) is 18.9. The number of benzene rings is 1. The second-order valence-corrected chi connectivity index (χ2v) is 15.9. The fraction of sp³-hybridized carbons (Fsp3) is 0.625. The van der Waals surface area contributed by atoms with Gasteiger partial charge >= 0.3 is 5.97 Å². The summed E-state index contributed by atoms with van der Waals surface area (Å²) in [5.41, 5.74) is 3.15. The summed E-state index contributed by atoms with van der Waals surface area (Å²) >= 11 is 0. The standard InChI is InChI=1S/C40H59BN4O10/c1-8-25(2)11-9-12-26(3)13-10-17-45-22-28(43-44-45)21-40(6,7)54-18-16-39(4,5)24-42-36(49)29-19-27(23-53-38(41)52)14-15-31(29)55-32-20-30(37(50)51)33(46)35(48)34(32)47/h8,12,14-15,19,22,30,32-35,46-48H,9-11,13,16-18,20-21,23-24H2,1-7H3,(H,42,49)(H,50,51)/b25-8+,26-12+/t30-,32+,33+,34-,35-/m0/s1. The number of carboxylic acids is 1. The summed E-state index contributed by atoms with van der Waals surface area (Å²) in [5, 5.41) is 52.2. The third-order valence-corrected chi connectivity index (χ3v) is 9.92. The van der Waals surface area contributed by atoms with E-state index in [2.05, 4.69) is 48.6 Å². The number of aromatic nitrogens is 3. The SMILES string of the molecule is [B]C(=O)OCc1ccc(O[C@@H]2C[C@H](C(=O)O)[C@@H](O)[C@H](O)[C@H]2O)c(C(=O)NCC(C)(C)CCOC(C)(C)Cc2cn(CCC/C(C)=C/CC/C(C)=C/C)nn2)c1. The Hall–Kier alpha value is -4.05. The average Bonchev–Trinajstić information content (AvgIpc) is 3.55. The van der Waals surface area contributed by atoms with Gasteiger partial charge in [-0.1, -0.05) is 48.4 Å². The monoisotopic (exact) mass is 766 g/mol. The Morgan fingerprint density at radius 2 is 1.78 bits per heavy atom. The number of carbonyl (C=O) groups is 3. The van der Waals surface area contributed by atoms with Crippen molar-refractivity contribution in [2.45, 2.75) is 137 Å². The number of ether oxygens (including phenoxy) is 3. The van der Waals surface area contributed by atoms with Crippen molar-refractivity contribution in [1.29, 1.82) is 0 Å². The van der Waals surface area contributed by atoms with Gasteiger partial charge in [0.15, 0.2) is 0 Å². The summed E-state index contributed by atoms with van der Waals surface area (Å²) in [4.78, 5) is 36.5.